The number of nitrogens with one attached hydrogen (secondary N) is 2. The van der Waals surface area contributed by atoms with Gasteiger partial charge in [0.15, 0.2) is 0 Å². The summed E-state index contributed by atoms with van der Waals surface area (Å²) in [5.41, 5.74) is 5.16. The van der Waals surface area contributed by atoms with Crippen molar-refractivity contribution >= 4 is 27.6 Å². The van der Waals surface area contributed by atoms with E-state index in [0.717, 1.165) is 0 Å². The zero-order valence-electron chi connectivity index (χ0n) is 7.77. The number of hydrogen-bond acceptors (Lipinski definition) is 4. The second kappa shape index (κ2) is 5.26. The Labute approximate surface area is 93.0 Å². The number of rotatable bonds is 5. The summed E-state index contributed by atoms with van der Waals surface area (Å²) in [5.74, 6) is 0.159. The molecule has 1 rings (SSSR count). The Balaban J connectivity index is 2.69. The van der Waals surface area contributed by atoms with Crippen molar-refractivity contribution in [1.82, 2.24) is 9.71 Å². The second-order valence-electron chi connectivity index (χ2n) is 2.65. The van der Waals surface area contributed by atoms with Crippen molar-refractivity contribution in [3.8, 4) is 0 Å². The van der Waals surface area contributed by atoms with Gasteiger partial charge >= 0.3 is 0 Å². The maximum Gasteiger partial charge on any atom is 0.300 e. The van der Waals surface area contributed by atoms with Crippen molar-refractivity contribution in [2.24, 2.45) is 5.73 Å². The molecule has 0 spiro atoms. The summed E-state index contributed by atoms with van der Waals surface area (Å²) in [7, 11) is -3.61. The van der Waals surface area contributed by atoms with Gasteiger partial charge in [0, 0.05) is 30.4 Å². The van der Waals surface area contributed by atoms with Gasteiger partial charge in [0.05, 0.1) is 0 Å². The van der Waals surface area contributed by atoms with Crippen LogP contribution in [0.4, 0.5) is 5.82 Å². The molecule has 0 aliphatic heterocycles. The Kier molecular flexibility index (Phi) is 4.28. The Hall–Kier alpha value is -0.890. The molecule has 0 bridgehead atoms. The monoisotopic (exact) mass is 250 g/mol. The second-order valence-corrected chi connectivity index (χ2v) is 4.58. The first-order valence-corrected chi connectivity index (χ1v) is 5.98. The molecule has 4 N–H and O–H groups in total. The Morgan fingerprint density at radius 3 is 2.87 bits per heavy atom. The third-order valence-corrected chi connectivity index (χ3v) is 2.69. The summed E-state index contributed by atoms with van der Waals surface area (Å²) >= 11 is 5.66. The fourth-order valence-electron chi connectivity index (χ4n) is 0.828. The Bertz CT molecular complexity index is 423. The topological polar surface area (TPSA) is 97.1 Å². The molecule has 0 radical (unpaired) electrons. The van der Waals surface area contributed by atoms with Gasteiger partial charge in [-0.3, -0.25) is 4.72 Å². The Morgan fingerprint density at radius 1 is 1.53 bits per heavy atom. The third-order valence-electron chi connectivity index (χ3n) is 1.40. The van der Waals surface area contributed by atoms with Crippen molar-refractivity contribution in [3.63, 3.8) is 0 Å². The highest BCUT2D eigenvalue weighted by molar-refractivity contribution is 7.90. The molecular weight excluding hydrogens is 240 g/mol. The summed E-state index contributed by atoms with van der Waals surface area (Å²) in [4.78, 5) is 3.79. The van der Waals surface area contributed by atoms with E-state index in [9.17, 15) is 8.42 Å². The van der Waals surface area contributed by atoms with Crippen LogP contribution < -0.4 is 15.2 Å². The van der Waals surface area contributed by atoms with Crippen LogP contribution in [0.15, 0.2) is 18.3 Å². The molecule has 0 fully saturated rings. The van der Waals surface area contributed by atoms with E-state index in [1.165, 1.54) is 12.3 Å². The molecule has 1 aromatic rings. The average Bonchev–Trinajstić information content (AvgIpc) is 2.14. The minimum Gasteiger partial charge on any atom is -0.329 e. The largest absolute Gasteiger partial charge is 0.329 e. The van der Waals surface area contributed by atoms with Gasteiger partial charge in [0.25, 0.3) is 10.2 Å². The number of nitrogens with two attached hydrogens (primary N) is 1. The Morgan fingerprint density at radius 2 is 2.27 bits per heavy atom. The molecule has 0 aromatic carbocycles. The molecule has 15 heavy (non-hydrogen) atoms. The summed E-state index contributed by atoms with van der Waals surface area (Å²) in [5, 5.41) is 0.404. The first-order chi connectivity index (χ1) is 7.03. The number of anilines is 1. The minimum absolute atomic E-state index is 0.159. The van der Waals surface area contributed by atoms with E-state index in [4.69, 9.17) is 17.3 Å². The van der Waals surface area contributed by atoms with E-state index < -0.39 is 10.2 Å². The van der Waals surface area contributed by atoms with Gasteiger partial charge in [-0.2, -0.15) is 13.1 Å². The molecule has 6 nitrogen and oxygen atoms in total. The van der Waals surface area contributed by atoms with Crippen LogP contribution >= 0.6 is 11.6 Å². The van der Waals surface area contributed by atoms with Gasteiger partial charge in [-0.15, -0.1) is 0 Å². The number of aromatic nitrogens is 1. The first-order valence-electron chi connectivity index (χ1n) is 4.12. The molecule has 1 aromatic heterocycles. The fraction of sp³-hybridized carbons (Fsp3) is 0.286. The standard InChI is InChI=1S/C7H11ClN4O2S/c8-6-1-3-10-7(5-6)12-15(13,14)11-4-2-9/h1,3,5,11H,2,4,9H2,(H,10,12). The lowest BCUT2D eigenvalue weighted by molar-refractivity contribution is 0.587. The lowest BCUT2D eigenvalue weighted by Gasteiger charge is -2.07. The van der Waals surface area contributed by atoms with Crippen LogP contribution in [0.5, 0.6) is 0 Å². The molecule has 1 heterocycles. The molecule has 0 aliphatic carbocycles. The van der Waals surface area contributed by atoms with Crippen molar-refractivity contribution in [2.75, 3.05) is 17.8 Å². The van der Waals surface area contributed by atoms with Crippen LogP contribution in [0, 0.1) is 0 Å². The van der Waals surface area contributed by atoms with Gasteiger partial charge in [-0.1, -0.05) is 11.6 Å². The lowest BCUT2D eigenvalue weighted by Crippen LogP contribution is -2.34. The molecule has 8 heteroatoms. The smallest absolute Gasteiger partial charge is 0.300 e. The molecule has 0 saturated heterocycles. The number of hydrogen-bond donors (Lipinski definition) is 3. The van der Waals surface area contributed by atoms with E-state index in [1.807, 2.05) is 0 Å². The van der Waals surface area contributed by atoms with Crippen molar-refractivity contribution in [2.45, 2.75) is 0 Å². The van der Waals surface area contributed by atoms with E-state index in [-0.39, 0.29) is 18.9 Å². The van der Waals surface area contributed by atoms with Gasteiger partial charge < -0.3 is 5.73 Å². The molecule has 0 saturated carbocycles. The number of halogens is 1. The van der Waals surface area contributed by atoms with Gasteiger partial charge in [0.2, 0.25) is 0 Å². The highest BCUT2D eigenvalue weighted by Crippen LogP contribution is 2.12. The normalized spacial score (nSPS) is 11.3. The third kappa shape index (κ3) is 4.43. The summed E-state index contributed by atoms with van der Waals surface area (Å²) < 4.78 is 27.1. The van der Waals surface area contributed by atoms with Crippen molar-refractivity contribution in [1.29, 1.82) is 0 Å². The molecule has 84 valence electrons. The van der Waals surface area contributed by atoms with E-state index in [0.29, 0.717) is 5.02 Å². The molecule has 0 amide bonds. The quantitative estimate of drug-likeness (QED) is 0.682. The molecule has 0 unspecified atom stereocenters. The first kappa shape index (κ1) is 12.2. The van der Waals surface area contributed by atoms with E-state index in [2.05, 4.69) is 14.4 Å². The van der Waals surface area contributed by atoms with Crippen LogP contribution in [0.25, 0.3) is 0 Å². The number of nitrogens with zero attached hydrogens (tertiary/aromatic N) is 1. The zero-order valence-corrected chi connectivity index (χ0v) is 9.35. The van der Waals surface area contributed by atoms with Gasteiger partial charge in [0.1, 0.15) is 5.82 Å². The van der Waals surface area contributed by atoms with Crippen molar-refractivity contribution < 1.29 is 8.42 Å². The predicted molar refractivity (Wildman–Crippen MR) is 58.8 cm³/mol. The van der Waals surface area contributed by atoms with Crippen LogP contribution in [-0.4, -0.2) is 26.5 Å². The number of pyridine rings is 1. The van der Waals surface area contributed by atoms with Gasteiger partial charge in [-0.05, 0) is 6.07 Å². The summed E-state index contributed by atoms with van der Waals surface area (Å²) in [6.07, 6.45) is 1.41. The highest BCUT2D eigenvalue weighted by atomic mass is 35.5. The highest BCUT2D eigenvalue weighted by Gasteiger charge is 2.08. The summed E-state index contributed by atoms with van der Waals surface area (Å²) in [6.45, 7) is 0.389. The van der Waals surface area contributed by atoms with E-state index in [1.54, 1.807) is 6.07 Å². The molecular formula is C7H11ClN4O2S. The van der Waals surface area contributed by atoms with Crippen LogP contribution in [0.2, 0.25) is 5.02 Å². The average molecular weight is 251 g/mol. The fourth-order valence-corrected chi connectivity index (χ4v) is 1.83. The lowest BCUT2D eigenvalue weighted by atomic mass is 10.5. The molecule has 0 atom stereocenters. The van der Waals surface area contributed by atoms with Crippen molar-refractivity contribution in [3.05, 3.63) is 23.4 Å². The van der Waals surface area contributed by atoms with Crippen LogP contribution in [0.1, 0.15) is 0 Å². The SMILES string of the molecule is NCCNS(=O)(=O)Nc1cc(Cl)ccn1. The van der Waals surface area contributed by atoms with Crippen LogP contribution in [-0.2, 0) is 10.2 Å². The maximum absolute atomic E-state index is 11.3. The van der Waals surface area contributed by atoms with Crippen LogP contribution in [0.3, 0.4) is 0 Å². The van der Waals surface area contributed by atoms with Gasteiger partial charge in [-0.25, -0.2) is 4.98 Å². The predicted octanol–water partition coefficient (Wildman–Crippen LogP) is -0.0600. The summed E-state index contributed by atoms with van der Waals surface area (Å²) in [6, 6.07) is 2.95. The zero-order chi connectivity index (χ0) is 11.3. The van der Waals surface area contributed by atoms with E-state index >= 15 is 0 Å². The molecule has 0 aliphatic rings. The maximum atomic E-state index is 11.3. The minimum atomic E-state index is -3.61.